The first-order valence-corrected chi connectivity index (χ1v) is 6.85. The Balaban J connectivity index is 2.74. The summed E-state index contributed by atoms with van der Waals surface area (Å²) >= 11 is 0. The molecule has 1 rings (SSSR count). The molecular weight excluding hydrogens is 261 g/mol. The highest BCUT2D eigenvalue weighted by Crippen LogP contribution is 2.21. The van der Waals surface area contributed by atoms with Crippen molar-refractivity contribution in [2.75, 3.05) is 0 Å². The monoisotopic (exact) mass is 283 g/mol. The molecule has 0 amide bonds. The van der Waals surface area contributed by atoms with Gasteiger partial charge in [0.2, 0.25) is 0 Å². The molecule has 0 aliphatic carbocycles. The standard InChI is InChI=1S/C15H22FNO3/c1-4-5-14(15(18)19)20-13-7-6-11(8-12(13)16)9-17-10(2)3/h6-8,10,14,17H,4-5,9H2,1-3H3,(H,18,19). The Morgan fingerprint density at radius 2 is 2.15 bits per heavy atom. The molecule has 112 valence electrons. The summed E-state index contributed by atoms with van der Waals surface area (Å²) in [7, 11) is 0. The highest BCUT2D eigenvalue weighted by atomic mass is 19.1. The third-order valence-corrected chi connectivity index (χ3v) is 2.81. The number of carboxylic acid groups (broad SMARTS) is 1. The molecule has 0 aliphatic heterocycles. The molecule has 0 aromatic heterocycles. The van der Waals surface area contributed by atoms with E-state index in [-0.39, 0.29) is 5.75 Å². The van der Waals surface area contributed by atoms with Crippen LogP contribution in [-0.4, -0.2) is 23.2 Å². The zero-order valence-corrected chi connectivity index (χ0v) is 12.1. The molecule has 0 spiro atoms. The topological polar surface area (TPSA) is 58.6 Å². The molecule has 1 atom stereocenters. The predicted molar refractivity (Wildman–Crippen MR) is 75.3 cm³/mol. The Morgan fingerprint density at radius 3 is 2.65 bits per heavy atom. The molecule has 0 saturated carbocycles. The molecule has 0 saturated heterocycles. The second-order valence-corrected chi connectivity index (χ2v) is 5.03. The van der Waals surface area contributed by atoms with Gasteiger partial charge in [-0.2, -0.15) is 0 Å². The average molecular weight is 283 g/mol. The maximum absolute atomic E-state index is 13.9. The van der Waals surface area contributed by atoms with Crippen LogP contribution >= 0.6 is 0 Å². The van der Waals surface area contributed by atoms with Crippen LogP contribution in [0.4, 0.5) is 4.39 Å². The summed E-state index contributed by atoms with van der Waals surface area (Å²) in [6.45, 7) is 6.44. The number of rotatable bonds is 8. The van der Waals surface area contributed by atoms with E-state index in [4.69, 9.17) is 9.84 Å². The molecule has 2 N–H and O–H groups in total. The summed E-state index contributed by atoms with van der Waals surface area (Å²) in [6.07, 6.45) is 0.00887. The van der Waals surface area contributed by atoms with Crippen LogP contribution in [0.3, 0.4) is 0 Å². The molecule has 1 aromatic carbocycles. The van der Waals surface area contributed by atoms with E-state index < -0.39 is 17.9 Å². The molecule has 1 unspecified atom stereocenters. The maximum atomic E-state index is 13.9. The molecule has 5 heteroatoms. The summed E-state index contributed by atoms with van der Waals surface area (Å²) in [5.41, 5.74) is 0.797. The van der Waals surface area contributed by atoms with Gasteiger partial charge in [0.05, 0.1) is 0 Å². The lowest BCUT2D eigenvalue weighted by molar-refractivity contribution is -0.145. The summed E-state index contributed by atoms with van der Waals surface area (Å²) in [5, 5.41) is 12.2. The van der Waals surface area contributed by atoms with Crippen molar-refractivity contribution in [3.8, 4) is 5.75 Å². The minimum absolute atomic E-state index is 0.0147. The number of benzene rings is 1. The Labute approximate surface area is 119 Å². The van der Waals surface area contributed by atoms with Crippen LogP contribution in [0.2, 0.25) is 0 Å². The molecule has 4 nitrogen and oxygen atoms in total. The van der Waals surface area contributed by atoms with Crippen molar-refractivity contribution < 1.29 is 19.0 Å². The minimum atomic E-state index is -1.07. The fraction of sp³-hybridized carbons (Fsp3) is 0.533. The molecule has 20 heavy (non-hydrogen) atoms. The average Bonchev–Trinajstić information content (AvgIpc) is 2.38. The van der Waals surface area contributed by atoms with Crippen molar-refractivity contribution in [1.29, 1.82) is 0 Å². The third-order valence-electron chi connectivity index (χ3n) is 2.81. The summed E-state index contributed by atoms with van der Waals surface area (Å²) in [5.74, 6) is -1.62. The first kappa shape index (κ1) is 16.4. The van der Waals surface area contributed by atoms with Crippen LogP contribution in [-0.2, 0) is 11.3 Å². The largest absolute Gasteiger partial charge is 0.479 e. The molecule has 0 aliphatic rings. The van der Waals surface area contributed by atoms with E-state index >= 15 is 0 Å². The Bertz CT molecular complexity index is 449. The number of carboxylic acids is 1. The number of ether oxygens (including phenoxy) is 1. The first-order valence-electron chi connectivity index (χ1n) is 6.85. The third kappa shape index (κ3) is 5.17. The van der Waals surface area contributed by atoms with Gasteiger partial charge in [-0.3, -0.25) is 0 Å². The number of halogens is 1. The molecule has 1 aromatic rings. The molecular formula is C15H22FNO3. The van der Waals surface area contributed by atoms with Crippen LogP contribution in [0.15, 0.2) is 18.2 Å². The van der Waals surface area contributed by atoms with E-state index in [1.54, 1.807) is 6.07 Å². The van der Waals surface area contributed by atoms with E-state index in [1.165, 1.54) is 12.1 Å². The van der Waals surface area contributed by atoms with Gasteiger partial charge in [0.25, 0.3) is 0 Å². The fourth-order valence-electron chi connectivity index (χ4n) is 1.72. The number of carbonyl (C=O) groups is 1. The lowest BCUT2D eigenvalue weighted by Crippen LogP contribution is -2.27. The second-order valence-electron chi connectivity index (χ2n) is 5.03. The summed E-state index contributed by atoms with van der Waals surface area (Å²) in [6, 6.07) is 4.90. The fourth-order valence-corrected chi connectivity index (χ4v) is 1.72. The van der Waals surface area contributed by atoms with Crippen LogP contribution in [0.5, 0.6) is 5.75 Å². The normalized spacial score (nSPS) is 12.4. The van der Waals surface area contributed by atoms with Gasteiger partial charge in [-0.05, 0) is 24.1 Å². The maximum Gasteiger partial charge on any atom is 0.344 e. The Kier molecular flexibility index (Phi) is 6.45. The van der Waals surface area contributed by atoms with Crippen molar-refractivity contribution >= 4 is 5.97 Å². The van der Waals surface area contributed by atoms with Gasteiger partial charge in [-0.15, -0.1) is 0 Å². The van der Waals surface area contributed by atoms with Crippen LogP contribution in [0.25, 0.3) is 0 Å². The van der Waals surface area contributed by atoms with Gasteiger partial charge in [0, 0.05) is 12.6 Å². The zero-order valence-electron chi connectivity index (χ0n) is 12.1. The molecule has 0 heterocycles. The number of hydrogen-bond acceptors (Lipinski definition) is 3. The number of hydrogen-bond donors (Lipinski definition) is 2. The van der Waals surface area contributed by atoms with Crippen molar-refractivity contribution in [2.24, 2.45) is 0 Å². The zero-order chi connectivity index (χ0) is 15.1. The quantitative estimate of drug-likeness (QED) is 0.770. The molecule has 0 bridgehead atoms. The van der Waals surface area contributed by atoms with Crippen LogP contribution in [0.1, 0.15) is 39.2 Å². The van der Waals surface area contributed by atoms with Crippen LogP contribution in [0, 0.1) is 5.82 Å². The van der Waals surface area contributed by atoms with Crippen molar-refractivity contribution in [1.82, 2.24) is 5.32 Å². The highest BCUT2D eigenvalue weighted by Gasteiger charge is 2.19. The highest BCUT2D eigenvalue weighted by molar-refractivity contribution is 5.72. The van der Waals surface area contributed by atoms with Gasteiger partial charge in [-0.25, -0.2) is 9.18 Å². The van der Waals surface area contributed by atoms with Crippen molar-refractivity contribution in [3.05, 3.63) is 29.6 Å². The van der Waals surface area contributed by atoms with E-state index in [0.717, 1.165) is 5.56 Å². The van der Waals surface area contributed by atoms with Gasteiger partial charge in [0.15, 0.2) is 17.7 Å². The van der Waals surface area contributed by atoms with Gasteiger partial charge >= 0.3 is 5.97 Å². The van der Waals surface area contributed by atoms with Crippen molar-refractivity contribution in [3.63, 3.8) is 0 Å². The second kappa shape index (κ2) is 7.85. The number of nitrogens with one attached hydrogen (secondary N) is 1. The van der Waals surface area contributed by atoms with Crippen LogP contribution < -0.4 is 10.1 Å². The predicted octanol–water partition coefficient (Wildman–Crippen LogP) is 2.96. The lowest BCUT2D eigenvalue weighted by Gasteiger charge is -2.15. The van der Waals surface area contributed by atoms with E-state index in [0.29, 0.717) is 25.4 Å². The SMILES string of the molecule is CCCC(Oc1ccc(CNC(C)C)cc1F)C(=O)O. The van der Waals surface area contributed by atoms with E-state index in [1.807, 2.05) is 20.8 Å². The number of aliphatic carboxylic acids is 1. The van der Waals surface area contributed by atoms with Gasteiger partial charge < -0.3 is 15.2 Å². The van der Waals surface area contributed by atoms with Gasteiger partial charge in [-0.1, -0.05) is 33.3 Å². The lowest BCUT2D eigenvalue weighted by atomic mass is 10.2. The Hall–Kier alpha value is -1.62. The molecule has 0 radical (unpaired) electrons. The minimum Gasteiger partial charge on any atom is -0.479 e. The van der Waals surface area contributed by atoms with Gasteiger partial charge in [0.1, 0.15) is 0 Å². The first-order chi connectivity index (χ1) is 9.43. The van der Waals surface area contributed by atoms with E-state index in [9.17, 15) is 9.18 Å². The van der Waals surface area contributed by atoms with E-state index in [2.05, 4.69) is 5.32 Å². The van der Waals surface area contributed by atoms with Crippen molar-refractivity contribution in [2.45, 2.75) is 52.3 Å². The summed E-state index contributed by atoms with van der Waals surface area (Å²) < 4.78 is 19.1. The smallest absolute Gasteiger partial charge is 0.344 e. The molecule has 0 fully saturated rings. The Morgan fingerprint density at radius 1 is 1.45 bits per heavy atom. The summed E-state index contributed by atoms with van der Waals surface area (Å²) in [4.78, 5) is 11.0.